The van der Waals surface area contributed by atoms with Crippen LogP contribution in [0.4, 0.5) is 4.79 Å². The highest BCUT2D eigenvalue weighted by Gasteiger charge is 2.17. The molecule has 6 nitrogen and oxygen atoms in total. The van der Waals surface area contributed by atoms with Crippen LogP contribution in [0.5, 0.6) is 17.5 Å². The number of amides is 1. The van der Waals surface area contributed by atoms with Crippen LogP contribution in [0.3, 0.4) is 0 Å². The van der Waals surface area contributed by atoms with E-state index in [0.29, 0.717) is 5.75 Å². The summed E-state index contributed by atoms with van der Waals surface area (Å²) < 4.78 is 18.3. The van der Waals surface area contributed by atoms with Crippen molar-refractivity contribution in [2.24, 2.45) is 0 Å². The number of ether oxygens (including phenoxy) is 2. The van der Waals surface area contributed by atoms with Crippen molar-refractivity contribution in [2.75, 3.05) is 14.1 Å². The summed E-state index contributed by atoms with van der Waals surface area (Å²) in [6, 6.07) is 9.09. The zero-order chi connectivity index (χ0) is 13.0. The Labute approximate surface area is 108 Å². The zero-order valence-corrected chi connectivity index (χ0v) is 10.7. The van der Waals surface area contributed by atoms with E-state index >= 15 is 0 Å². The van der Waals surface area contributed by atoms with Crippen LogP contribution in [-0.4, -0.2) is 33.8 Å². The van der Waals surface area contributed by atoms with Gasteiger partial charge in [-0.3, -0.25) is 0 Å². The molecule has 18 heavy (non-hydrogen) atoms. The van der Waals surface area contributed by atoms with Gasteiger partial charge in [0, 0.05) is 14.1 Å². The van der Waals surface area contributed by atoms with Crippen LogP contribution in [0, 0.1) is 0 Å². The number of hydrogen-bond acceptors (Lipinski definition) is 6. The first-order valence-corrected chi connectivity index (χ1v) is 5.84. The number of carbonyl (C=O) groups excluding carboxylic acids is 1. The van der Waals surface area contributed by atoms with Crippen molar-refractivity contribution in [3.8, 4) is 17.5 Å². The molecule has 2 aromatic rings. The topological polar surface area (TPSA) is 64.6 Å². The second-order valence-corrected chi connectivity index (χ2v) is 4.08. The number of nitrogens with zero attached hydrogens (tertiary/aromatic N) is 3. The largest absolute Gasteiger partial charge is 0.434 e. The molecule has 0 saturated carbocycles. The predicted octanol–water partition coefficient (Wildman–Crippen LogP) is 2.39. The van der Waals surface area contributed by atoms with E-state index in [1.165, 1.54) is 4.90 Å². The fourth-order valence-corrected chi connectivity index (χ4v) is 1.49. The first-order chi connectivity index (χ1) is 8.66. The number of rotatable bonds is 3. The Bertz CT molecular complexity index is 527. The van der Waals surface area contributed by atoms with Crippen molar-refractivity contribution in [3.63, 3.8) is 0 Å². The monoisotopic (exact) mass is 265 g/mol. The van der Waals surface area contributed by atoms with Gasteiger partial charge in [0.05, 0.1) is 11.7 Å². The standard InChI is InChI=1S/C11H11N3O3S/c1-14(2)11(15)17-10-9(12-18-13-10)16-8-6-4-3-5-7-8/h3-7H,1-2H3. The van der Waals surface area contributed by atoms with E-state index < -0.39 is 6.09 Å². The van der Waals surface area contributed by atoms with Crippen LogP contribution in [0.2, 0.25) is 0 Å². The lowest BCUT2D eigenvalue weighted by Gasteiger charge is -2.09. The van der Waals surface area contributed by atoms with Gasteiger partial charge in [0.15, 0.2) is 0 Å². The lowest BCUT2D eigenvalue weighted by atomic mass is 10.3. The average Bonchev–Trinajstić information content (AvgIpc) is 2.78. The highest BCUT2D eigenvalue weighted by atomic mass is 32.1. The Morgan fingerprint density at radius 2 is 1.83 bits per heavy atom. The van der Waals surface area contributed by atoms with Crippen molar-refractivity contribution in [3.05, 3.63) is 30.3 Å². The maximum absolute atomic E-state index is 11.4. The highest BCUT2D eigenvalue weighted by molar-refractivity contribution is 6.99. The van der Waals surface area contributed by atoms with Crippen LogP contribution in [0.1, 0.15) is 0 Å². The number of aromatic nitrogens is 2. The second kappa shape index (κ2) is 5.46. The van der Waals surface area contributed by atoms with E-state index in [-0.39, 0.29) is 11.8 Å². The van der Waals surface area contributed by atoms with Gasteiger partial charge in [-0.05, 0) is 12.1 Å². The van der Waals surface area contributed by atoms with E-state index in [1.807, 2.05) is 18.2 Å². The van der Waals surface area contributed by atoms with Crippen LogP contribution in [0.25, 0.3) is 0 Å². The Hall–Kier alpha value is -2.15. The first-order valence-electron chi connectivity index (χ1n) is 5.11. The molecule has 0 saturated heterocycles. The summed E-state index contributed by atoms with van der Waals surface area (Å²) in [4.78, 5) is 12.7. The van der Waals surface area contributed by atoms with Crippen LogP contribution in [-0.2, 0) is 0 Å². The molecule has 1 aromatic heterocycles. The Morgan fingerprint density at radius 1 is 1.17 bits per heavy atom. The Balaban J connectivity index is 2.11. The van der Waals surface area contributed by atoms with E-state index in [2.05, 4.69) is 8.75 Å². The van der Waals surface area contributed by atoms with E-state index in [0.717, 1.165) is 11.7 Å². The van der Waals surface area contributed by atoms with Crippen LogP contribution in [0.15, 0.2) is 30.3 Å². The molecule has 0 atom stereocenters. The molecule has 0 unspecified atom stereocenters. The third kappa shape index (κ3) is 2.95. The molecule has 0 aliphatic heterocycles. The minimum atomic E-state index is -0.527. The molecule has 7 heteroatoms. The molecule has 0 aliphatic carbocycles. The quantitative estimate of drug-likeness (QED) is 0.852. The minimum absolute atomic E-state index is 0.0718. The molecule has 94 valence electrons. The maximum Gasteiger partial charge on any atom is 0.416 e. The predicted molar refractivity (Wildman–Crippen MR) is 66.1 cm³/mol. The molecular weight excluding hydrogens is 254 g/mol. The third-order valence-corrected chi connectivity index (χ3v) is 2.43. The van der Waals surface area contributed by atoms with Crippen molar-refractivity contribution in [2.45, 2.75) is 0 Å². The van der Waals surface area contributed by atoms with Gasteiger partial charge in [-0.25, -0.2) is 4.79 Å². The summed E-state index contributed by atoms with van der Waals surface area (Å²) in [6.45, 7) is 0. The zero-order valence-electron chi connectivity index (χ0n) is 9.86. The van der Waals surface area contributed by atoms with Crippen molar-refractivity contribution < 1.29 is 14.3 Å². The fourth-order valence-electron chi connectivity index (χ4n) is 1.07. The van der Waals surface area contributed by atoms with Gasteiger partial charge in [-0.15, -0.1) is 8.75 Å². The van der Waals surface area contributed by atoms with Gasteiger partial charge in [0.25, 0.3) is 5.88 Å². The number of para-hydroxylation sites is 1. The lowest BCUT2D eigenvalue weighted by Crippen LogP contribution is -2.25. The van der Waals surface area contributed by atoms with Crippen molar-refractivity contribution >= 4 is 17.8 Å². The lowest BCUT2D eigenvalue weighted by molar-refractivity contribution is 0.168. The summed E-state index contributed by atoms with van der Waals surface area (Å²) >= 11 is 0.918. The Morgan fingerprint density at radius 3 is 2.50 bits per heavy atom. The Kier molecular flexibility index (Phi) is 3.73. The van der Waals surface area contributed by atoms with E-state index in [4.69, 9.17) is 9.47 Å². The van der Waals surface area contributed by atoms with E-state index in [1.54, 1.807) is 26.2 Å². The van der Waals surface area contributed by atoms with Crippen LogP contribution >= 0.6 is 11.7 Å². The molecule has 0 aliphatic rings. The molecule has 1 heterocycles. The van der Waals surface area contributed by atoms with Gasteiger partial charge in [0.2, 0.25) is 0 Å². The normalized spacial score (nSPS) is 9.89. The molecule has 0 radical (unpaired) electrons. The van der Waals surface area contributed by atoms with Gasteiger partial charge < -0.3 is 14.4 Å². The number of carbonyl (C=O) groups is 1. The first kappa shape index (κ1) is 12.3. The molecule has 1 aromatic carbocycles. The summed E-state index contributed by atoms with van der Waals surface area (Å²) in [5.74, 6) is 0.858. The molecule has 1 amide bonds. The summed E-state index contributed by atoms with van der Waals surface area (Å²) in [6.07, 6.45) is -0.527. The second-order valence-electron chi connectivity index (χ2n) is 3.55. The van der Waals surface area contributed by atoms with Gasteiger partial charge in [-0.2, -0.15) is 0 Å². The smallest absolute Gasteiger partial charge is 0.416 e. The fraction of sp³-hybridized carbons (Fsp3) is 0.182. The average molecular weight is 265 g/mol. The van der Waals surface area contributed by atoms with Gasteiger partial charge >= 0.3 is 12.0 Å². The molecule has 2 rings (SSSR count). The minimum Gasteiger partial charge on any atom is -0.434 e. The molecule has 0 bridgehead atoms. The van der Waals surface area contributed by atoms with Crippen molar-refractivity contribution in [1.29, 1.82) is 0 Å². The van der Waals surface area contributed by atoms with Gasteiger partial charge in [0.1, 0.15) is 5.75 Å². The van der Waals surface area contributed by atoms with E-state index in [9.17, 15) is 4.79 Å². The molecule has 0 N–H and O–H groups in total. The molecule has 0 spiro atoms. The summed E-state index contributed by atoms with van der Waals surface area (Å²) in [5.41, 5.74) is 0. The summed E-state index contributed by atoms with van der Waals surface area (Å²) in [5, 5.41) is 0. The van der Waals surface area contributed by atoms with Crippen molar-refractivity contribution in [1.82, 2.24) is 13.6 Å². The van der Waals surface area contributed by atoms with Crippen LogP contribution < -0.4 is 9.47 Å². The maximum atomic E-state index is 11.4. The SMILES string of the molecule is CN(C)C(=O)Oc1nsnc1Oc1ccccc1. The number of hydrogen-bond donors (Lipinski definition) is 0. The molecular formula is C11H11N3O3S. The van der Waals surface area contributed by atoms with Gasteiger partial charge in [-0.1, -0.05) is 18.2 Å². The third-order valence-electron chi connectivity index (χ3n) is 1.94. The molecule has 0 fully saturated rings. The number of benzene rings is 1. The highest BCUT2D eigenvalue weighted by Crippen LogP contribution is 2.29. The summed E-state index contributed by atoms with van der Waals surface area (Å²) in [7, 11) is 3.17.